The highest BCUT2D eigenvalue weighted by atomic mass is 35.5. The average Bonchev–Trinajstić information content (AvgIpc) is 3.20. The molecular weight excluding hydrogens is 514 g/mol. The Morgan fingerprint density at radius 1 is 1.00 bits per heavy atom. The van der Waals surface area contributed by atoms with Crippen LogP contribution in [-0.2, 0) is 12.8 Å². The standard InChI is InChI=1S/C23H15ClF6N4O2/c24-16-4-2-1-3-14(16)15-9-31-20-18(21(36)32-11-22(25,26)27)17(10-35)33-34(20)19(15)12-5-7-13(8-6-12)23(28,29)30/h1-9,35H,10-11H2,(H,32,36). The van der Waals surface area contributed by atoms with Gasteiger partial charge in [-0.05, 0) is 18.2 Å². The minimum absolute atomic E-state index is 0.159. The van der Waals surface area contributed by atoms with Crippen LogP contribution in [0, 0.1) is 0 Å². The number of aliphatic hydroxyl groups excluding tert-OH is 1. The molecule has 0 unspecified atom stereocenters. The first-order valence-corrected chi connectivity index (χ1v) is 10.6. The highest BCUT2D eigenvalue weighted by molar-refractivity contribution is 6.33. The summed E-state index contributed by atoms with van der Waals surface area (Å²) in [6.45, 7) is -2.44. The maximum absolute atomic E-state index is 13.1. The van der Waals surface area contributed by atoms with Crippen molar-refractivity contribution in [3.8, 4) is 22.4 Å². The normalized spacial score (nSPS) is 12.2. The van der Waals surface area contributed by atoms with Crippen LogP contribution in [-0.4, -0.2) is 38.3 Å². The Balaban J connectivity index is 1.97. The zero-order valence-corrected chi connectivity index (χ0v) is 18.7. The summed E-state index contributed by atoms with van der Waals surface area (Å²) in [7, 11) is 0. The predicted octanol–water partition coefficient (Wildman–Crippen LogP) is 5.52. The van der Waals surface area contributed by atoms with Crippen LogP contribution in [0.2, 0.25) is 5.02 Å². The monoisotopic (exact) mass is 528 g/mol. The Morgan fingerprint density at radius 2 is 1.67 bits per heavy atom. The van der Waals surface area contributed by atoms with Crippen molar-refractivity contribution in [3.05, 3.63) is 76.6 Å². The van der Waals surface area contributed by atoms with Crippen molar-refractivity contribution in [1.29, 1.82) is 0 Å². The fourth-order valence-corrected chi connectivity index (χ4v) is 3.85. The number of carbonyl (C=O) groups excluding carboxylic acids is 1. The molecule has 2 aromatic carbocycles. The maximum atomic E-state index is 13.1. The summed E-state index contributed by atoms with van der Waals surface area (Å²) in [5, 5.41) is 15.9. The van der Waals surface area contributed by atoms with E-state index in [1.807, 2.05) is 0 Å². The second-order valence-corrected chi connectivity index (χ2v) is 8.00. The number of aromatic nitrogens is 3. The number of nitrogens with one attached hydrogen (secondary N) is 1. The number of halogens is 7. The van der Waals surface area contributed by atoms with E-state index in [1.54, 1.807) is 29.6 Å². The fourth-order valence-electron chi connectivity index (χ4n) is 3.61. The molecule has 188 valence electrons. The number of carbonyl (C=O) groups is 1. The van der Waals surface area contributed by atoms with Crippen molar-refractivity contribution in [2.24, 2.45) is 0 Å². The Kier molecular flexibility index (Phi) is 6.67. The lowest BCUT2D eigenvalue weighted by molar-refractivity contribution is -0.137. The zero-order valence-electron chi connectivity index (χ0n) is 18.0. The molecule has 2 N–H and O–H groups in total. The molecule has 0 aliphatic carbocycles. The van der Waals surface area contributed by atoms with Crippen LogP contribution in [0.5, 0.6) is 0 Å². The van der Waals surface area contributed by atoms with Gasteiger partial charge >= 0.3 is 12.4 Å². The SMILES string of the molecule is O=C(NCC(F)(F)F)c1c(CO)nn2c(-c3ccc(C(F)(F)F)cc3)c(-c3ccccc3Cl)cnc12. The second kappa shape index (κ2) is 9.43. The summed E-state index contributed by atoms with van der Waals surface area (Å²) in [6.07, 6.45) is -7.99. The third-order valence-electron chi connectivity index (χ3n) is 5.19. The molecule has 0 fully saturated rings. The molecule has 36 heavy (non-hydrogen) atoms. The van der Waals surface area contributed by atoms with Gasteiger partial charge in [-0.3, -0.25) is 4.79 Å². The van der Waals surface area contributed by atoms with E-state index in [2.05, 4.69) is 10.1 Å². The molecule has 0 saturated carbocycles. The zero-order chi connectivity index (χ0) is 26.3. The largest absolute Gasteiger partial charge is 0.416 e. The molecule has 0 spiro atoms. The molecule has 0 aliphatic rings. The molecule has 1 amide bonds. The molecule has 2 heterocycles. The van der Waals surface area contributed by atoms with Gasteiger partial charge in [0.25, 0.3) is 5.91 Å². The average molecular weight is 529 g/mol. The van der Waals surface area contributed by atoms with Crippen molar-refractivity contribution in [2.45, 2.75) is 19.0 Å². The van der Waals surface area contributed by atoms with Gasteiger partial charge in [0.15, 0.2) is 5.65 Å². The second-order valence-electron chi connectivity index (χ2n) is 7.59. The van der Waals surface area contributed by atoms with Gasteiger partial charge in [0, 0.05) is 27.9 Å². The van der Waals surface area contributed by atoms with Crippen molar-refractivity contribution >= 4 is 23.2 Å². The van der Waals surface area contributed by atoms with Gasteiger partial charge in [0.1, 0.15) is 17.8 Å². The Hall–Kier alpha value is -3.64. The third-order valence-corrected chi connectivity index (χ3v) is 5.52. The topological polar surface area (TPSA) is 79.5 Å². The first-order valence-electron chi connectivity index (χ1n) is 10.2. The van der Waals surface area contributed by atoms with Gasteiger partial charge in [-0.15, -0.1) is 0 Å². The van der Waals surface area contributed by atoms with Crippen LogP contribution in [0.4, 0.5) is 26.3 Å². The highest BCUT2D eigenvalue weighted by Gasteiger charge is 2.32. The van der Waals surface area contributed by atoms with Gasteiger partial charge in [-0.1, -0.05) is 41.9 Å². The summed E-state index contributed by atoms with van der Waals surface area (Å²) in [4.78, 5) is 16.8. The van der Waals surface area contributed by atoms with Crippen LogP contribution < -0.4 is 5.32 Å². The van der Waals surface area contributed by atoms with Crippen molar-refractivity contribution < 1.29 is 36.2 Å². The Morgan fingerprint density at radius 3 is 2.25 bits per heavy atom. The predicted molar refractivity (Wildman–Crippen MR) is 118 cm³/mol. The molecule has 2 aromatic heterocycles. The molecule has 6 nitrogen and oxygen atoms in total. The first-order chi connectivity index (χ1) is 16.9. The quantitative estimate of drug-likeness (QED) is 0.334. The summed E-state index contributed by atoms with van der Waals surface area (Å²) in [5.74, 6) is -1.18. The lowest BCUT2D eigenvalue weighted by atomic mass is 9.99. The van der Waals surface area contributed by atoms with Crippen LogP contribution >= 0.6 is 11.6 Å². The number of fused-ring (bicyclic) bond motifs is 1. The first kappa shape index (κ1) is 25.5. The van der Waals surface area contributed by atoms with Gasteiger partial charge in [0.2, 0.25) is 0 Å². The summed E-state index contributed by atoms with van der Waals surface area (Å²) in [6, 6.07) is 10.6. The van der Waals surface area contributed by atoms with Gasteiger partial charge in [-0.25, -0.2) is 9.50 Å². The molecule has 0 saturated heterocycles. The number of rotatable bonds is 5. The molecule has 0 radical (unpaired) electrons. The van der Waals surface area contributed by atoms with E-state index in [9.17, 15) is 36.2 Å². The van der Waals surface area contributed by atoms with Crippen molar-refractivity contribution in [2.75, 3.05) is 6.54 Å². The van der Waals surface area contributed by atoms with Crippen LogP contribution in [0.1, 0.15) is 21.6 Å². The lowest BCUT2D eigenvalue weighted by Gasteiger charge is -2.14. The minimum Gasteiger partial charge on any atom is -0.390 e. The van der Waals surface area contributed by atoms with Gasteiger partial charge in [-0.2, -0.15) is 31.4 Å². The number of benzene rings is 2. The van der Waals surface area contributed by atoms with E-state index >= 15 is 0 Å². The number of hydrogen-bond acceptors (Lipinski definition) is 4. The van der Waals surface area contributed by atoms with E-state index in [1.165, 1.54) is 18.3 Å². The van der Waals surface area contributed by atoms with E-state index in [0.717, 1.165) is 16.6 Å². The number of amides is 1. The molecule has 4 aromatic rings. The molecule has 4 rings (SSSR count). The van der Waals surface area contributed by atoms with Crippen molar-refractivity contribution in [3.63, 3.8) is 0 Å². The maximum Gasteiger partial charge on any atom is 0.416 e. The van der Waals surface area contributed by atoms with E-state index < -0.39 is 42.5 Å². The minimum atomic E-state index is -4.69. The Bertz CT molecular complexity index is 1430. The molecule has 0 bridgehead atoms. The number of alkyl halides is 6. The molecule has 0 aliphatic heterocycles. The number of aliphatic hydroxyl groups is 1. The third kappa shape index (κ3) is 5.00. The Labute approximate surface area is 204 Å². The van der Waals surface area contributed by atoms with Crippen molar-refractivity contribution in [1.82, 2.24) is 19.9 Å². The van der Waals surface area contributed by atoms with Crippen LogP contribution in [0.25, 0.3) is 28.0 Å². The van der Waals surface area contributed by atoms with Crippen LogP contribution in [0.15, 0.2) is 54.7 Å². The summed E-state index contributed by atoms with van der Waals surface area (Å²) in [5.41, 5.74) is -0.642. The molecular formula is C23H15ClF6N4O2. The molecule has 0 atom stereocenters. The number of hydrogen-bond donors (Lipinski definition) is 2. The molecule has 13 heteroatoms. The number of nitrogens with zero attached hydrogens (tertiary/aromatic N) is 3. The van der Waals surface area contributed by atoms with Gasteiger partial charge in [0.05, 0.1) is 17.9 Å². The summed E-state index contributed by atoms with van der Waals surface area (Å²) >= 11 is 6.34. The van der Waals surface area contributed by atoms with E-state index in [-0.39, 0.29) is 27.6 Å². The fraction of sp³-hybridized carbons (Fsp3) is 0.174. The van der Waals surface area contributed by atoms with E-state index in [4.69, 9.17) is 11.6 Å². The summed E-state index contributed by atoms with van der Waals surface area (Å²) < 4.78 is 78.4. The highest BCUT2D eigenvalue weighted by Crippen LogP contribution is 2.38. The smallest absolute Gasteiger partial charge is 0.390 e. The lowest BCUT2D eigenvalue weighted by Crippen LogP contribution is -2.34. The van der Waals surface area contributed by atoms with Gasteiger partial charge < -0.3 is 10.4 Å². The van der Waals surface area contributed by atoms with Crippen LogP contribution in [0.3, 0.4) is 0 Å². The van der Waals surface area contributed by atoms with E-state index in [0.29, 0.717) is 11.1 Å².